The summed E-state index contributed by atoms with van der Waals surface area (Å²) < 4.78 is 11.4. The van der Waals surface area contributed by atoms with E-state index in [1.54, 1.807) is 0 Å². The van der Waals surface area contributed by atoms with Gasteiger partial charge in [-0.15, -0.1) is 0 Å². The van der Waals surface area contributed by atoms with E-state index >= 15 is 0 Å². The number of hydrogen-bond donors (Lipinski definition) is 0. The van der Waals surface area contributed by atoms with Crippen LogP contribution in [0.15, 0.2) is 0 Å². The maximum absolute atomic E-state index is 11.1. The largest absolute Gasteiger partial charge is 0.459 e. The lowest BCUT2D eigenvalue weighted by Gasteiger charge is -2.55. The molecule has 2 saturated carbocycles. The quantitative estimate of drug-likeness (QED) is 0.598. The Bertz CT molecular complexity index is 236. The van der Waals surface area contributed by atoms with Crippen molar-refractivity contribution in [1.29, 1.82) is 0 Å². The average molecular weight is 196 g/mol. The number of carbonyl (C=O) groups is 1. The smallest absolute Gasteiger partial charge is 0.303 e. The third-order valence-corrected chi connectivity index (χ3v) is 3.80. The molecule has 2 saturated heterocycles. The van der Waals surface area contributed by atoms with E-state index in [9.17, 15) is 4.79 Å². The van der Waals surface area contributed by atoms with E-state index in [4.69, 9.17) is 9.47 Å². The Labute approximate surface area is 83.8 Å². The van der Waals surface area contributed by atoms with Crippen LogP contribution in [0, 0.1) is 5.92 Å². The number of rotatable bonds is 1. The summed E-state index contributed by atoms with van der Waals surface area (Å²) in [7, 11) is 0. The Hall–Kier alpha value is -0.570. The van der Waals surface area contributed by atoms with Gasteiger partial charge in [0, 0.05) is 19.8 Å². The van der Waals surface area contributed by atoms with Crippen LogP contribution in [0.4, 0.5) is 0 Å². The summed E-state index contributed by atoms with van der Waals surface area (Å²) in [6.45, 7) is 1.51. The van der Waals surface area contributed by atoms with Crippen molar-refractivity contribution in [1.82, 2.24) is 0 Å². The Balaban J connectivity index is 1.83. The molecule has 2 atom stereocenters. The molecule has 2 aliphatic carbocycles. The van der Waals surface area contributed by atoms with E-state index in [1.165, 1.54) is 19.8 Å². The highest BCUT2D eigenvalue weighted by Crippen LogP contribution is 2.51. The third-order valence-electron chi connectivity index (χ3n) is 3.80. The number of hydrogen-bond acceptors (Lipinski definition) is 3. The van der Waals surface area contributed by atoms with Crippen molar-refractivity contribution in [2.45, 2.75) is 56.8 Å². The molecule has 2 aliphatic heterocycles. The first-order valence-electron chi connectivity index (χ1n) is 5.50. The van der Waals surface area contributed by atoms with Crippen LogP contribution in [0.2, 0.25) is 0 Å². The molecule has 0 aromatic rings. The Morgan fingerprint density at radius 3 is 2.43 bits per heavy atom. The number of ether oxygens (including phenoxy) is 2. The van der Waals surface area contributed by atoms with E-state index in [1.807, 2.05) is 0 Å². The summed E-state index contributed by atoms with van der Waals surface area (Å²) in [6.07, 6.45) is 6.02. The van der Waals surface area contributed by atoms with Crippen molar-refractivity contribution in [3.05, 3.63) is 0 Å². The molecule has 0 radical (unpaired) electrons. The Kier molecular flexibility index (Phi) is 1.69. The molecule has 2 unspecified atom stereocenters. The second-order valence-electron chi connectivity index (χ2n) is 5.11. The van der Waals surface area contributed by atoms with E-state index in [2.05, 4.69) is 0 Å². The first-order chi connectivity index (χ1) is 6.65. The zero-order valence-corrected chi connectivity index (χ0v) is 8.49. The van der Waals surface area contributed by atoms with Gasteiger partial charge in [0.2, 0.25) is 0 Å². The summed E-state index contributed by atoms with van der Waals surface area (Å²) >= 11 is 0. The zero-order chi connectivity index (χ0) is 9.76. The Morgan fingerprint density at radius 1 is 1.29 bits per heavy atom. The summed E-state index contributed by atoms with van der Waals surface area (Å²) in [5.74, 6) is 0.604. The lowest BCUT2D eigenvalue weighted by atomic mass is 9.64. The summed E-state index contributed by atoms with van der Waals surface area (Å²) in [5, 5.41) is 0. The van der Waals surface area contributed by atoms with Crippen molar-refractivity contribution in [3.63, 3.8) is 0 Å². The molecule has 0 aromatic heterocycles. The highest BCUT2D eigenvalue weighted by Gasteiger charge is 2.53. The van der Waals surface area contributed by atoms with Crippen LogP contribution in [-0.4, -0.2) is 23.8 Å². The molecular formula is C11H16O3. The minimum Gasteiger partial charge on any atom is -0.459 e. The van der Waals surface area contributed by atoms with E-state index in [-0.39, 0.29) is 11.6 Å². The van der Waals surface area contributed by atoms with Gasteiger partial charge < -0.3 is 9.47 Å². The lowest BCUT2D eigenvalue weighted by molar-refractivity contribution is -0.232. The second-order valence-corrected chi connectivity index (χ2v) is 5.11. The molecule has 2 heterocycles. The van der Waals surface area contributed by atoms with Crippen LogP contribution in [-0.2, 0) is 14.3 Å². The van der Waals surface area contributed by atoms with Gasteiger partial charge in [-0.2, -0.15) is 0 Å². The molecular weight excluding hydrogens is 180 g/mol. The fraction of sp³-hybridized carbons (Fsp3) is 0.909. The van der Waals surface area contributed by atoms with Crippen LogP contribution < -0.4 is 0 Å². The normalized spacial score (nSPS) is 49.4. The van der Waals surface area contributed by atoms with Gasteiger partial charge in [0.1, 0.15) is 5.60 Å². The molecule has 4 fully saturated rings. The monoisotopic (exact) mass is 196 g/mol. The molecule has 4 aliphatic rings. The van der Waals surface area contributed by atoms with Gasteiger partial charge in [-0.25, -0.2) is 0 Å². The van der Waals surface area contributed by atoms with E-state index in [0.29, 0.717) is 12.2 Å². The molecule has 0 N–H and O–H groups in total. The molecule has 4 rings (SSSR count). The van der Waals surface area contributed by atoms with Gasteiger partial charge in [0.05, 0.1) is 12.2 Å². The standard InChI is InChI=1S/C11H16O3/c1-7(12)14-11-4-8-2-9(5-11)13-10(3-8)6-11/h8-10H,2-6H2,1H3. The highest BCUT2D eigenvalue weighted by molar-refractivity contribution is 5.66. The molecule has 4 bridgehead atoms. The summed E-state index contributed by atoms with van der Waals surface area (Å²) in [4.78, 5) is 11.1. The first-order valence-corrected chi connectivity index (χ1v) is 5.50. The minimum atomic E-state index is -0.152. The van der Waals surface area contributed by atoms with Crippen LogP contribution >= 0.6 is 0 Å². The van der Waals surface area contributed by atoms with Gasteiger partial charge in [-0.3, -0.25) is 4.79 Å². The fourth-order valence-electron chi connectivity index (χ4n) is 3.69. The molecule has 0 aromatic carbocycles. The van der Waals surface area contributed by atoms with Gasteiger partial charge >= 0.3 is 5.97 Å². The summed E-state index contributed by atoms with van der Waals surface area (Å²) in [5.41, 5.74) is -0.152. The maximum Gasteiger partial charge on any atom is 0.303 e. The third kappa shape index (κ3) is 1.26. The van der Waals surface area contributed by atoms with E-state index in [0.717, 1.165) is 25.2 Å². The zero-order valence-electron chi connectivity index (χ0n) is 8.49. The van der Waals surface area contributed by atoms with Crippen LogP contribution in [0.3, 0.4) is 0 Å². The van der Waals surface area contributed by atoms with Crippen LogP contribution in [0.1, 0.15) is 39.0 Å². The molecule has 14 heavy (non-hydrogen) atoms. The topological polar surface area (TPSA) is 35.5 Å². The predicted octanol–water partition coefficient (Wildman–Crippen LogP) is 1.65. The van der Waals surface area contributed by atoms with Crippen molar-refractivity contribution in [2.24, 2.45) is 5.92 Å². The molecule has 0 amide bonds. The molecule has 3 heteroatoms. The number of carbonyl (C=O) groups excluding carboxylic acids is 1. The van der Waals surface area contributed by atoms with Crippen molar-refractivity contribution in [2.75, 3.05) is 0 Å². The summed E-state index contributed by atoms with van der Waals surface area (Å²) in [6, 6.07) is 0. The SMILES string of the molecule is CC(=O)OC12CC3CC(C1)OC(C3)C2. The van der Waals surface area contributed by atoms with Crippen molar-refractivity contribution < 1.29 is 14.3 Å². The molecule has 78 valence electrons. The second kappa shape index (κ2) is 2.72. The first kappa shape index (κ1) is 8.72. The van der Waals surface area contributed by atoms with Gasteiger partial charge in [-0.1, -0.05) is 0 Å². The predicted molar refractivity (Wildman–Crippen MR) is 49.7 cm³/mol. The maximum atomic E-state index is 11.1. The van der Waals surface area contributed by atoms with Gasteiger partial charge in [0.15, 0.2) is 0 Å². The molecule has 3 nitrogen and oxygen atoms in total. The van der Waals surface area contributed by atoms with Gasteiger partial charge in [0.25, 0.3) is 0 Å². The number of esters is 1. The highest BCUT2D eigenvalue weighted by atomic mass is 16.6. The van der Waals surface area contributed by atoms with Crippen molar-refractivity contribution in [3.8, 4) is 0 Å². The van der Waals surface area contributed by atoms with E-state index < -0.39 is 0 Å². The average Bonchev–Trinajstić information content (AvgIpc) is 1.96. The van der Waals surface area contributed by atoms with Crippen molar-refractivity contribution >= 4 is 5.97 Å². The van der Waals surface area contributed by atoms with Crippen LogP contribution in [0.5, 0.6) is 0 Å². The molecule has 0 spiro atoms. The van der Waals surface area contributed by atoms with Gasteiger partial charge in [-0.05, 0) is 25.2 Å². The fourth-order valence-corrected chi connectivity index (χ4v) is 3.69. The van der Waals surface area contributed by atoms with Crippen LogP contribution in [0.25, 0.3) is 0 Å². The lowest BCUT2D eigenvalue weighted by Crippen LogP contribution is -2.57. The Morgan fingerprint density at radius 2 is 1.93 bits per heavy atom. The minimum absolute atomic E-state index is 0.132.